The lowest BCUT2D eigenvalue weighted by molar-refractivity contribution is -0.130. The Hall–Kier alpha value is -3.71. The highest BCUT2D eigenvalue weighted by Crippen LogP contribution is 2.36. The smallest absolute Gasteiger partial charge is 0.264 e. The van der Waals surface area contributed by atoms with Crippen molar-refractivity contribution in [2.75, 3.05) is 39.8 Å². The molecular weight excluding hydrogens is 438 g/mol. The zero-order chi connectivity index (χ0) is 24.4. The van der Waals surface area contributed by atoms with E-state index in [-0.39, 0.29) is 24.3 Å². The maximum absolute atomic E-state index is 14.0. The molecule has 7 nitrogen and oxygen atoms in total. The van der Waals surface area contributed by atoms with Crippen LogP contribution in [0.15, 0.2) is 84.0 Å². The van der Waals surface area contributed by atoms with E-state index < -0.39 is 5.54 Å². The molecule has 0 bridgehead atoms. The van der Waals surface area contributed by atoms with E-state index in [0.717, 1.165) is 54.9 Å². The van der Waals surface area contributed by atoms with Crippen molar-refractivity contribution in [1.29, 1.82) is 5.41 Å². The average molecular weight is 470 g/mol. The maximum Gasteiger partial charge on any atom is 0.264 e. The molecule has 0 atom stereocenters. The Morgan fingerprint density at radius 1 is 0.971 bits per heavy atom. The number of nitrogens with zero attached hydrogens (tertiary/aromatic N) is 3. The molecule has 2 fully saturated rings. The summed E-state index contributed by atoms with van der Waals surface area (Å²) in [4.78, 5) is 32.8. The van der Waals surface area contributed by atoms with Gasteiger partial charge in [0.15, 0.2) is 11.5 Å². The number of benzene rings is 2. The van der Waals surface area contributed by atoms with Gasteiger partial charge in [0.25, 0.3) is 5.91 Å². The highest BCUT2D eigenvalue weighted by atomic mass is 16.2. The zero-order valence-electron chi connectivity index (χ0n) is 20.0. The largest absolute Gasteiger partial charge is 0.336 e. The van der Waals surface area contributed by atoms with Crippen LogP contribution in [0.5, 0.6) is 0 Å². The quantitative estimate of drug-likeness (QED) is 0.706. The number of rotatable bonds is 5. The minimum Gasteiger partial charge on any atom is -0.336 e. The van der Waals surface area contributed by atoms with Crippen LogP contribution in [-0.2, 0) is 15.1 Å². The first-order valence-electron chi connectivity index (χ1n) is 12.2. The van der Waals surface area contributed by atoms with E-state index in [1.807, 2.05) is 71.6 Å². The lowest BCUT2D eigenvalue weighted by Gasteiger charge is -2.33. The number of hydrogen-bond donors (Lipinski definition) is 2. The van der Waals surface area contributed by atoms with Crippen LogP contribution < -0.4 is 5.32 Å². The summed E-state index contributed by atoms with van der Waals surface area (Å²) in [7, 11) is 2.07. The van der Waals surface area contributed by atoms with Crippen LogP contribution in [0.2, 0.25) is 0 Å². The minimum atomic E-state index is -1.16. The number of nitrogens with one attached hydrogen (secondary N) is 2. The van der Waals surface area contributed by atoms with Crippen LogP contribution in [0.25, 0.3) is 0 Å². The standard InChI is InChI=1S/C28H31N5O2/c1-31-15-17-32(18-16-31)25(34)22-10-8-9-21(19-22)20-33-26(35)28(30-27(33)29,23-11-4-2-5-12-23)24-13-6-3-7-14-24/h2-7,9,11-14,19H,8,10,15-18,20H2,1H3,(H2,29,30). The van der Waals surface area contributed by atoms with E-state index >= 15 is 0 Å². The minimum absolute atomic E-state index is 0.0644. The van der Waals surface area contributed by atoms with Gasteiger partial charge in [-0.3, -0.25) is 19.9 Å². The van der Waals surface area contributed by atoms with Crippen LogP contribution in [-0.4, -0.2) is 72.2 Å². The first-order valence-corrected chi connectivity index (χ1v) is 12.2. The molecule has 0 saturated carbocycles. The van der Waals surface area contributed by atoms with Gasteiger partial charge in [-0.1, -0.05) is 66.7 Å². The zero-order valence-corrected chi connectivity index (χ0v) is 20.0. The van der Waals surface area contributed by atoms with Crippen LogP contribution in [0.4, 0.5) is 0 Å². The first kappa shape index (κ1) is 23.1. The predicted molar refractivity (Wildman–Crippen MR) is 136 cm³/mol. The molecule has 5 rings (SSSR count). The first-order chi connectivity index (χ1) is 17.0. The van der Waals surface area contributed by atoms with Crippen LogP contribution >= 0.6 is 0 Å². The SMILES string of the molecule is CN1CCN(C(=O)C2=CC(CN3C(=N)NC(c4ccccc4)(c4ccccc4)C3=O)=CCC2)CC1. The van der Waals surface area contributed by atoms with Crippen molar-refractivity contribution < 1.29 is 9.59 Å². The molecule has 180 valence electrons. The molecule has 2 saturated heterocycles. The van der Waals surface area contributed by atoms with E-state index in [0.29, 0.717) is 6.42 Å². The van der Waals surface area contributed by atoms with Gasteiger partial charge < -0.3 is 15.1 Å². The Kier molecular flexibility index (Phi) is 6.26. The molecule has 2 aromatic rings. The highest BCUT2D eigenvalue weighted by molar-refractivity contribution is 6.10. The van der Waals surface area contributed by atoms with Gasteiger partial charge in [-0.05, 0) is 42.7 Å². The van der Waals surface area contributed by atoms with Gasteiger partial charge in [-0.2, -0.15) is 0 Å². The van der Waals surface area contributed by atoms with Gasteiger partial charge in [-0.15, -0.1) is 0 Å². The van der Waals surface area contributed by atoms with Crippen molar-refractivity contribution >= 4 is 17.8 Å². The second-order valence-corrected chi connectivity index (χ2v) is 9.43. The number of amides is 2. The molecule has 3 aliphatic rings. The summed E-state index contributed by atoms with van der Waals surface area (Å²) in [5.74, 6) is -0.0335. The summed E-state index contributed by atoms with van der Waals surface area (Å²) >= 11 is 0. The van der Waals surface area contributed by atoms with Gasteiger partial charge in [0.1, 0.15) is 0 Å². The van der Waals surface area contributed by atoms with Crippen molar-refractivity contribution in [1.82, 2.24) is 20.0 Å². The third-order valence-corrected chi connectivity index (χ3v) is 7.14. The maximum atomic E-state index is 14.0. The summed E-state index contributed by atoms with van der Waals surface area (Å²) in [5.41, 5.74) is 2.11. The van der Waals surface area contributed by atoms with Crippen molar-refractivity contribution in [2.45, 2.75) is 18.4 Å². The fourth-order valence-corrected chi connectivity index (χ4v) is 5.13. The van der Waals surface area contributed by atoms with E-state index in [4.69, 9.17) is 5.41 Å². The summed E-state index contributed by atoms with van der Waals surface area (Å²) in [6.45, 7) is 3.50. The molecule has 0 aromatic heterocycles. The number of allylic oxidation sites excluding steroid dienone is 1. The number of piperazine rings is 1. The Morgan fingerprint density at radius 2 is 1.57 bits per heavy atom. The Labute approximate surface area is 206 Å². The molecule has 1 aliphatic carbocycles. The Morgan fingerprint density at radius 3 is 2.17 bits per heavy atom. The summed E-state index contributed by atoms with van der Waals surface area (Å²) < 4.78 is 0. The van der Waals surface area contributed by atoms with E-state index in [2.05, 4.69) is 23.3 Å². The second kappa shape index (κ2) is 9.50. The molecule has 2 aromatic carbocycles. The fraction of sp³-hybridized carbons (Fsp3) is 0.321. The lowest BCUT2D eigenvalue weighted by Crippen LogP contribution is -2.47. The number of carbonyl (C=O) groups is 2. The summed E-state index contributed by atoms with van der Waals surface area (Å²) in [6.07, 6.45) is 5.46. The molecule has 2 heterocycles. The highest BCUT2D eigenvalue weighted by Gasteiger charge is 2.52. The number of guanidine groups is 1. The van der Waals surface area contributed by atoms with Crippen LogP contribution in [0.1, 0.15) is 24.0 Å². The molecule has 35 heavy (non-hydrogen) atoms. The molecule has 7 heteroatoms. The lowest BCUT2D eigenvalue weighted by atomic mass is 9.82. The van der Waals surface area contributed by atoms with Crippen molar-refractivity contribution in [3.8, 4) is 0 Å². The molecule has 0 radical (unpaired) electrons. The number of carbonyl (C=O) groups excluding carboxylic acids is 2. The van der Waals surface area contributed by atoms with Crippen molar-refractivity contribution in [3.05, 3.63) is 95.1 Å². The monoisotopic (exact) mass is 469 g/mol. The molecule has 2 amide bonds. The van der Waals surface area contributed by atoms with Crippen LogP contribution in [0.3, 0.4) is 0 Å². The average Bonchev–Trinajstić information content (AvgIpc) is 3.15. The fourth-order valence-electron chi connectivity index (χ4n) is 5.13. The van der Waals surface area contributed by atoms with Crippen molar-refractivity contribution in [3.63, 3.8) is 0 Å². The van der Waals surface area contributed by atoms with E-state index in [1.54, 1.807) is 0 Å². The van der Waals surface area contributed by atoms with Gasteiger partial charge in [0.2, 0.25) is 5.91 Å². The molecule has 2 aliphatic heterocycles. The van der Waals surface area contributed by atoms with Crippen molar-refractivity contribution in [2.24, 2.45) is 0 Å². The number of likely N-dealkylation sites (N-methyl/N-ethyl adjacent to an activating group) is 1. The molecule has 0 unspecified atom stereocenters. The normalized spacial score (nSPS) is 20.4. The second-order valence-electron chi connectivity index (χ2n) is 9.43. The molecule has 2 N–H and O–H groups in total. The predicted octanol–water partition coefficient (Wildman–Crippen LogP) is 2.72. The van der Waals surface area contributed by atoms with Gasteiger partial charge in [0, 0.05) is 31.8 Å². The topological polar surface area (TPSA) is 79.7 Å². The van der Waals surface area contributed by atoms with E-state index in [9.17, 15) is 9.59 Å². The summed E-state index contributed by atoms with van der Waals surface area (Å²) in [5, 5.41) is 11.9. The van der Waals surface area contributed by atoms with Gasteiger partial charge in [0.05, 0.1) is 6.54 Å². The third-order valence-electron chi connectivity index (χ3n) is 7.14. The third kappa shape index (κ3) is 4.28. The Balaban J connectivity index is 1.40. The molecule has 0 spiro atoms. The van der Waals surface area contributed by atoms with Crippen LogP contribution in [0, 0.1) is 5.41 Å². The summed E-state index contributed by atoms with van der Waals surface area (Å²) in [6, 6.07) is 19.1. The van der Waals surface area contributed by atoms with Gasteiger partial charge >= 0.3 is 0 Å². The molecular formula is C28H31N5O2. The van der Waals surface area contributed by atoms with Gasteiger partial charge in [-0.25, -0.2) is 0 Å². The van der Waals surface area contributed by atoms with E-state index in [1.165, 1.54) is 4.90 Å². The Bertz CT molecular complexity index is 1140. The number of hydrogen-bond acceptors (Lipinski definition) is 4.